The van der Waals surface area contributed by atoms with Crippen LogP contribution >= 0.6 is 0 Å². The van der Waals surface area contributed by atoms with Crippen molar-refractivity contribution in [1.82, 2.24) is 15.5 Å². The van der Waals surface area contributed by atoms with Crippen LogP contribution in [-0.4, -0.2) is 76.2 Å². The number of carbonyl (C=O) groups is 6. The second kappa shape index (κ2) is 13.2. The maximum atomic E-state index is 13.4. The molecule has 13 nitrogen and oxygen atoms in total. The number of carbonyl (C=O) groups excluding carboxylic acids is 5. The minimum Gasteiger partial charge on any atom is -0.480 e. The Morgan fingerprint density at radius 1 is 0.972 bits per heavy atom. The van der Waals surface area contributed by atoms with Gasteiger partial charge in [0.05, 0.1) is 12.5 Å². The lowest BCUT2D eigenvalue weighted by Crippen LogP contribution is -2.58. The number of carboxylic acid groups (broad SMARTS) is 1. The Bertz CT molecular complexity index is 986. The van der Waals surface area contributed by atoms with Crippen molar-refractivity contribution in [2.45, 2.75) is 62.7 Å². The lowest BCUT2D eigenvalue weighted by Gasteiger charge is -2.29. The number of carboxylic acids is 1. The van der Waals surface area contributed by atoms with Gasteiger partial charge >= 0.3 is 5.97 Å². The van der Waals surface area contributed by atoms with Gasteiger partial charge in [-0.1, -0.05) is 30.3 Å². The van der Waals surface area contributed by atoms with Crippen LogP contribution in [0.5, 0.6) is 0 Å². The third kappa shape index (κ3) is 8.34. The van der Waals surface area contributed by atoms with Gasteiger partial charge in [0, 0.05) is 19.4 Å². The third-order valence-corrected chi connectivity index (χ3v) is 5.79. The van der Waals surface area contributed by atoms with E-state index in [9.17, 15) is 33.9 Å². The molecule has 4 unspecified atom stereocenters. The van der Waals surface area contributed by atoms with E-state index >= 15 is 0 Å². The van der Waals surface area contributed by atoms with Gasteiger partial charge in [0.25, 0.3) is 0 Å². The number of rotatable bonds is 13. The third-order valence-electron chi connectivity index (χ3n) is 5.79. The van der Waals surface area contributed by atoms with E-state index in [4.69, 9.17) is 17.2 Å². The smallest absolute Gasteiger partial charge is 0.326 e. The lowest BCUT2D eigenvalue weighted by molar-refractivity contribution is -0.149. The monoisotopic (exact) mass is 504 g/mol. The first-order valence-electron chi connectivity index (χ1n) is 11.5. The minimum absolute atomic E-state index is 0.0614. The molecular weight excluding hydrogens is 472 g/mol. The van der Waals surface area contributed by atoms with E-state index in [1.165, 1.54) is 4.90 Å². The minimum atomic E-state index is -1.32. The average molecular weight is 505 g/mol. The molecule has 0 aliphatic carbocycles. The Kier molecular flexibility index (Phi) is 10.3. The summed E-state index contributed by atoms with van der Waals surface area (Å²) in [5, 5.41) is 14.5. The zero-order valence-electron chi connectivity index (χ0n) is 19.7. The van der Waals surface area contributed by atoms with Gasteiger partial charge in [-0.2, -0.15) is 0 Å². The summed E-state index contributed by atoms with van der Waals surface area (Å²) in [6.07, 6.45) is -0.0493. The van der Waals surface area contributed by atoms with Crippen molar-refractivity contribution in [3.8, 4) is 0 Å². The van der Waals surface area contributed by atoms with Crippen LogP contribution in [-0.2, 0) is 35.2 Å². The molecule has 1 aliphatic rings. The molecule has 9 N–H and O–H groups in total. The second-order valence-electron chi connectivity index (χ2n) is 8.62. The quantitative estimate of drug-likeness (QED) is 0.171. The fourth-order valence-electron chi connectivity index (χ4n) is 3.95. The molecule has 0 bridgehead atoms. The van der Waals surface area contributed by atoms with Gasteiger partial charge in [0.15, 0.2) is 0 Å². The van der Waals surface area contributed by atoms with Crippen LogP contribution in [0, 0.1) is 0 Å². The van der Waals surface area contributed by atoms with Crippen LogP contribution in [0.15, 0.2) is 30.3 Å². The summed E-state index contributed by atoms with van der Waals surface area (Å²) in [5.41, 5.74) is 16.6. The fraction of sp³-hybridized carbons (Fsp3) is 0.478. The molecule has 0 saturated carbocycles. The SMILES string of the molecule is NC(=O)CCC(NC(=O)C(N)CC(N)=O)C(=O)NC(Cc1ccccc1)C(=O)N1CCCC1C(=O)O. The fourth-order valence-corrected chi connectivity index (χ4v) is 3.95. The summed E-state index contributed by atoms with van der Waals surface area (Å²) in [7, 11) is 0. The number of primary amides is 2. The number of hydrogen-bond acceptors (Lipinski definition) is 7. The van der Waals surface area contributed by atoms with Gasteiger partial charge in [-0.15, -0.1) is 0 Å². The number of amides is 5. The summed E-state index contributed by atoms with van der Waals surface area (Å²) in [5.74, 6) is -4.90. The molecule has 2 rings (SSSR count). The zero-order valence-corrected chi connectivity index (χ0v) is 19.7. The van der Waals surface area contributed by atoms with Crippen molar-refractivity contribution in [2.75, 3.05) is 6.54 Å². The molecule has 1 aromatic rings. The topological polar surface area (TPSA) is 228 Å². The van der Waals surface area contributed by atoms with Crippen LogP contribution in [0.1, 0.15) is 37.7 Å². The number of nitrogens with two attached hydrogens (primary N) is 3. The number of nitrogens with zero attached hydrogens (tertiary/aromatic N) is 1. The van der Waals surface area contributed by atoms with E-state index < -0.39 is 66.1 Å². The van der Waals surface area contributed by atoms with Crippen molar-refractivity contribution in [3.05, 3.63) is 35.9 Å². The Balaban J connectivity index is 2.25. The van der Waals surface area contributed by atoms with Gasteiger partial charge in [0.1, 0.15) is 18.1 Å². The van der Waals surface area contributed by atoms with E-state index in [1.54, 1.807) is 30.3 Å². The predicted octanol–water partition coefficient (Wildman–Crippen LogP) is -2.26. The van der Waals surface area contributed by atoms with Crippen LogP contribution < -0.4 is 27.8 Å². The Morgan fingerprint density at radius 2 is 1.61 bits per heavy atom. The number of benzene rings is 1. The van der Waals surface area contributed by atoms with Crippen molar-refractivity contribution in [2.24, 2.45) is 17.2 Å². The van der Waals surface area contributed by atoms with Crippen molar-refractivity contribution in [1.29, 1.82) is 0 Å². The van der Waals surface area contributed by atoms with E-state index in [-0.39, 0.29) is 25.8 Å². The molecule has 1 fully saturated rings. The number of likely N-dealkylation sites (tertiary alicyclic amines) is 1. The van der Waals surface area contributed by atoms with Gasteiger partial charge in [-0.05, 0) is 24.8 Å². The average Bonchev–Trinajstić information content (AvgIpc) is 3.31. The van der Waals surface area contributed by atoms with Crippen molar-refractivity contribution in [3.63, 3.8) is 0 Å². The first kappa shape index (κ1) is 28.2. The lowest BCUT2D eigenvalue weighted by atomic mass is 10.0. The molecule has 36 heavy (non-hydrogen) atoms. The highest BCUT2D eigenvalue weighted by Gasteiger charge is 2.38. The van der Waals surface area contributed by atoms with Crippen molar-refractivity contribution >= 4 is 35.5 Å². The van der Waals surface area contributed by atoms with Gasteiger partial charge in [-0.3, -0.25) is 24.0 Å². The maximum Gasteiger partial charge on any atom is 0.326 e. The molecule has 0 radical (unpaired) electrons. The molecule has 5 amide bonds. The molecule has 0 aromatic heterocycles. The standard InChI is InChI=1S/C23H32N6O7/c24-14(12-19(26)31)20(32)27-15(8-9-18(25)30)21(33)28-16(11-13-5-2-1-3-6-13)22(34)29-10-4-7-17(29)23(35)36/h1-3,5-6,14-17H,4,7-12,24H2,(H2,25,30)(H2,26,31)(H,27,32)(H,28,33)(H,35,36). The molecule has 4 atom stereocenters. The molecule has 1 aromatic carbocycles. The first-order chi connectivity index (χ1) is 17.0. The number of aliphatic carboxylic acids is 1. The van der Waals surface area contributed by atoms with E-state index in [0.29, 0.717) is 18.4 Å². The molecular formula is C23H32N6O7. The van der Waals surface area contributed by atoms with E-state index in [2.05, 4.69) is 10.6 Å². The molecule has 1 aliphatic heterocycles. The van der Waals surface area contributed by atoms with Crippen LogP contribution in [0.4, 0.5) is 0 Å². The Labute approximate surface area is 207 Å². The van der Waals surface area contributed by atoms with Gasteiger partial charge in [-0.25, -0.2) is 4.79 Å². The molecule has 1 saturated heterocycles. The highest BCUT2D eigenvalue weighted by Crippen LogP contribution is 2.20. The molecule has 196 valence electrons. The molecule has 0 spiro atoms. The maximum absolute atomic E-state index is 13.4. The summed E-state index contributed by atoms with van der Waals surface area (Å²) in [6, 6.07) is 4.01. The van der Waals surface area contributed by atoms with Crippen molar-refractivity contribution < 1.29 is 33.9 Å². The molecule has 1 heterocycles. The van der Waals surface area contributed by atoms with Crippen LogP contribution in [0.3, 0.4) is 0 Å². The normalized spacial score (nSPS) is 17.5. The molecule has 13 heteroatoms. The van der Waals surface area contributed by atoms with Crippen LogP contribution in [0.2, 0.25) is 0 Å². The second-order valence-corrected chi connectivity index (χ2v) is 8.62. The highest BCUT2D eigenvalue weighted by molar-refractivity contribution is 5.95. The number of nitrogens with one attached hydrogen (secondary N) is 2. The Hall–Kier alpha value is -4.00. The zero-order chi connectivity index (χ0) is 26.8. The Morgan fingerprint density at radius 3 is 2.19 bits per heavy atom. The van der Waals surface area contributed by atoms with E-state index in [1.807, 2.05) is 0 Å². The largest absolute Gasteiger partial charge is 0.480 e. The highest BCUT2D eigenvalue weighted by atomic mass is 16.4. The number of hydrogen-bond donors (Lipinski definition) is 6. The van der Waals surface area contributed by atoms with Crippen LogP contribution in [0.25, 0.3) is 0 Å². The summed E-state index contributed by atoms with van der Waals surface area (Å²) >= 11 is 0. The summed E-state index contributed by atoms with van der Waals surface area (Å²) < 4.78 is 0. The van der Waals surface area contributed by atoms with E-state index in [0.717, 1.165) is 0 Å². The van der Waals surface area contributed by atoms with Gasteiger partial charge < -0.3 is 37.8 Å². The van der Waals surface area contributed by atoms with Gasteiger partial charge in [0.2, 0.25) is 29.5 Å². The predicted molar refractivity (Wildman–Crippen MR) is 127 cm³/mol. The summed E-state index contributed by atoms with van der Waals surface area (Å²) in [6.45, 7) is 0.223. The first-order valence-corrected chi connectivity index (χ1v) is 11.5. The summed E-state index contributed by atoms with van der Waals surface area (Å²) in [4.78, 5) is 74.2.